The quantitative estimate of drug-likeness (QED) is 0.181. The van der Waals surface area contributed by atoms with Gasteiger partial charge in [-0.25, -0.2) is 0 Å². The standard InChI is InChI=1S/C30H46O3.C2H6.CH2O2/c1-6-12-27(30(31-5)17-16-29-22-25(3)18-20-33-29)14-9-7-8-13-24(2)21-26(4)23-28-15-10-11-19-32-28;1-2;2-1-3/h6-7,9-12,16-18,26-30H,2,8,13-15,19-23H2,1,3-5H3;1-2H3;1H,(H,2,3)/b9-7+,12-6+,17-16+;;. The van der Waals surface area contributed by atoms with Crippen LogP contribution in [0.25, 0.3) is 0 Å². The fourth-order valence-electron chi connectivity index (χ4n) is 4.62. The zero-order chi connectivity index (χ0) is 28.6. The Bertz CT molecular complexity index is 761. The highest BCUT2D eigenvalue weighted by Crippen LogP contribution is 2.23. The lowest BCUT2D eigenvalue weighted by molar-refractivity contribution is -0.122. The van der Waals surface area contributed by atoms with E-state index in [1.54, 1.807) is 7.11 Å². The molecule has 0 radical (unpaired) electrons. The van der Waals surface area contributed by atoms with E-state index in [4.69, 9.17) is 24.1 Å². The van der Waals surface area contributed by atoms with E-state index < -0.39 is 0 Å². The normalized spacial score (nSPS) is 21.7. The van der Waals surface area contributed by atoms with Crippen molar-refractivity contribution in [3.63, 3.8) is 0 Å². The second kappa shape index (κ2) is 23.9. The van der Waals surface area contributed by atoms with Crippen LogP contribution in [0.1, 0.15) is 79.6 Å². The van der Waals surface area contributed by atoms with Crippen molar-refractivity contribution < 1.29 is 24.1 Å². The van der Waals surface area contributed by atoms with Gasteiger partial charge in [-0.3, -0.25) is 4.79 Å². The van der Waals surface area contributed by atoms with Crippen LogP contribution in [0.3, 0.4) is 0 Å². The summed E-state index contributed by atoms with van der Waals surface area (Å²) in [6.45, 7) is 16.1. The van der Waals surface area contributed by atoms with E-state index in [1.807, 2.05) is 13.8 Å². The smallest absolute Gasteiger partial charge is 0.290 e. The van der Waals surface area contributed by atoms with Crippen molar-refractivity contribution in [2.75, 3.05) is 20.3 Å². The Morgan fingerprint density at radius 2 is 1.95 bits per heavy atom. The molecule has 2 heterocycles. The second-order valence-electron chi connectivity index (χ2n) is 9.71. The van der Waals surface area contributed by atoms with Gasteiger partial charge in [0.1, 0.15) is 0 Å². The molecule has 216 valence electrons. The van der Waals surface area contributed by atoms with Crippen LogP contribution in [0, 0.1) is 11.8 Å². The van der Waals surface area contributed by atoms with E-state index >= 15 is 0 Å². The van der Waals surface area contributed by atoms with Crippen LogP contribution in [0.4, 0.5) is 0 Å². The van der Waals surface area contributed by atoms with Gasteiger partial charge in [0.15, 0.2) is 0 Å². The van der Waals surface area contributed by atoms with E-state index in [9.17, 15) is 0 Å². The number of methoxy groups -OCH3 is 1. The van der Waals surface area contributed by atoms with Crippen molar-refractivity contribution in [3.8, 4) is 0 Å². The van der Waals surface area contributed by atoms with Crippen LogP contribution in [0.15, 0.2) is 72.4 Å². The third-order valence-corrected chi connectivity index (χ3v) is 6.45. The number of allylic oxidation sites excluding steroid dienone is 4. The molecule has 0 saturated carbocycles. The number of hydrogen-bond acceptors (Lipinski definition) is 4. The monoisotopic (exact) mass is 530 g/mol. The fraction of sp³-hybridized carbons (Fsp3) is 0.606. The van der Waals surface area contributed by atoms with E-state index in [0.29, 0.717) is 24.5 Å². The predicted octanol–water partition coefficient (Wildman–Crippen LogP) is 8.26. The minimum absolute atomic E-state index is 0.0494. The topological polar surface area (TPSA) is 65.0 Å². The van der Waals surface area contributed by atoms with Crippen LogP contribution in [-0.4, -0.2) is 50.2 Å². The molecule has 5 unspecified atom stereocenters. The van der Waals surface area contributed by atoms with Crippen LogP contribution in [-0.2, 0) is 19.0 Å². The van der Waals surface area contributed by atoms with Gasteiger partial charge in [0.25, 0.3) is 6.47 Å². The highest BCUT2D eigenvalue weighted by Gasteiger charge is 2.17. The summed E-state index contributed by atoms with van der Waals surface area (Å²) in [6.07, 6.45) is 27.7. The third kappa shape index (κ3) is 17.3. The number of carboxylic acid groups (broad SMARTS) is 1. The molecule has 5 nitrogen and oxygen atoms in total. The molecular weight excluding hydrogens is 476 g/mol. The minimum atomic E-state index is -0.250. The van der Waals surface area contributed by atoms with Gasteiger partial charge >= 0.3 is 0 Å². The molecular formula is C33H54O5. The first kappa shape index (κ1) is 35.8. The summed E-state index contributed by atoms with van der Waals surface area (Å²) in [7, 11) is 1.79. The van der Waals surface area contributed by atoms with Gasteiger partial charge < -0.3 is 19.3 Å². The lowest BCUT2D eigenvalue weighted by atomic mass is 9.92. The number of hydrogen-bond donors (Lipinski definition) is 1. The Balaban J connectivity index is 0.00000255. The maximum absolute atomic E-state index is 8.36. The molecule has 0 saturated heterocycles. The van der Waals surface area contributed by atoms with Crippen molar-refractivity contribution >= 4 is 6.47 Å². The zero-order valence-corrected chi connectivity index (χ0v) is 24.8. The molecule has 2 aliphatic rings. The van der Waals surface area contributed by atoms with Crippen molar-refractivity contribution in [2.24, 2.45) is 11.8 Å². The molecule has 0 aliphatic carbocycles. The molecule has 5 heteroatoms. The van der Waals surface area contributed by atoms with Crippen LogP contribution >= 0.6 is 0 Å². The Morgan fingerprint density at radius 3 is 2.55 bits per heavy atom. The molecule has 38 heavy (non-hydrogen) atoms. The first-order valence-electron chi connectivity index (χ1n) is 14.2. The summed E-state index contributed by atoms with van der Waals surface area (Å²) >= 11 is 0. The Kier molecular flexibility index (Phi) is 22.5. The average Bonchev–Trinajstić information content (AvgIpc) is 2.91. The van der Waals surface area contributed by atoms with Gasteiger partial charge in [0.05, 0.1) is 31.5 Å². The summed E-state index contributed by atoms with van der Waals surface area (Å²) in [5.74, 6) is 0.944. The molecule has 2 rings (SSSR count). The third-order valence-electron chi connectivity index (χ3n) is 6.45. The lowest BCUT2D eigenvalue weighted by Crippen LogP contribution is -2.21. The van der Waals surface area contributed by atoms with E-state index in [0.717, 1.165) is 51.6 Å². The van der Waals surface area contributed by atoms with Gasteiger partial charge in [-0.2, -0.15) is 0 Å². The average molecular weight is 531 g/mol. The summed E-state index contributed by atoms with van der Waals surface area (Å²) in [5, 5.41) is 6.89. The predicted molar refractivity (Wildman–Crippen MR) is 160 cm³/mol. The largest absolute Gasteiger partial charge is 0.483 e. The zero-order valence-electron chi connectivity index (χ0n) is 24.8. The Morgan fingerprint density at radius 1 is 1.21 bits per heavy atom. The summed E-state index contributed by atoms with van der Waals surface area (Å²) in [6, 6.07) is 0. The van der Waals surface area contributed by atoms with Gasteiger partial charge in [-0.05, 0) is 64.7 Å². The molecule has 1 N–H and O–H groups in total. The van der Waals surface area contributed by atoms with Crippen LogP contribution < -0.4 is 0 Å². The second-order valence-corrected chi connectivity index (χ2v) is 9.71. The molecule has 0 spiro atoms. The molecule has 0 aromatic carbocycles. The van der Waals surface area contributed by atoms with Crippen molar-refractivity contribution in [1.29, 1.82) is 0 Å². The Hall–Kier alpha value is -2.21. The van der Waals surface area contributed by atoms with Gasteiger partial charge in [-0.15, -0.1) is 0 Å². The first-order valence-corrected chi connectivity index (χ1v) is 14.2. The molecule has 0 aromatic heterocycles. The summed E-state index contributed by atoms with van der Waals surface area (Å²) in [5.41, 5.74) is 2.74. The molecule has 0 bridgehead atoms. The number of ether oxygens (including phenoxy) is 3. The maximum atomic E-state index is 8.36. The van der Waals surface area contributed by atoms with E-state index in [1.165, 1.54) is 11.1 Å². The van der Waals surface area contributed by atoms with Gasteiger partial charge in [0.2, 0.25) is 0 Å². The highest BCUT2D eigenvalue weighted by atomic mass is 16.5. The van der Waals surface area contributed by atoms with Crippen molar-refractivity contribution in [3.05, 3.63) is 72.4 Å². The fourth-order valence-corrected chi connectivity index (χ4v) is 4.62. The summed E-state index contributed by atoms with van der Waals surface area (Å²) in [4.78, 5) is 8.36. The van der Waals surface area contributed by atoms with Crippen LogP contribution in [0.5, 0.6) is 0 Å². The molecule has 2 aliphatic heterocycles. The summed E-state index contributed by atoms with van der Waals surface area (Å²) < 4.78 is 17.4. The van der Waals surface area contributed by atoms with Crippen molar-refractivity contribution in [1.82, 2.24) is 0 Å². The van der Waals surface area contributed by atoms with Gasteiger partial charge in [-0.1, -0.05) is 93.2 Å². The maximum Gasteiger partial charge on any atom is 0.290 e. The Labute approximate surface area is 233 Å². The van der Waals surface area contributed by atoms with E-state index in [2.05, 4.69) is 82.0 Å². The van der Waals surface area contributed by atoms with Gasteiger partial charge in [0, 0.05) is 13.0 Å². The number of rotatable bonds is 14. The molecule has 0 aromatic rings. The molecule has 5 atom stereocenters. The SMILES string of the molecule is C=C(CC/C=C/CC(/C=C/C)C(/C=C/C1CC(C)=CCO1)OC)CC(C)CC1CC=CCO1.CC.O=CO. The first-order chi connectivity index (χ1) is 18.4. The van der Waals surface area contributed by atoms with Crippen LogP contribution in [0.2, 0.25) is 0 Å². The van der Waals surface area contributed by atoms with Crippen molar-refractivity contribution in [2.45, 2.75) is 97.9 Å². The molecule has 0 fully saturated rings. The number of carbonyl (C=O) groups is 1. The highest BCUT2D eigenvalue weighted by molar-refractivity contribution is 5.32. The minimum Gasteiger partial charge on any atom is -0.483 e. The molecule has 0 amide bonds. The lowest BCUT2D eigenvalue weighted by Gasteiger charge is -2.23. The van der Waals surface area contributed by atoms with E-state index in [-0.39, 0.29) is 18.7 Å².